The average molecular weight is 360 g/mol. The van der Waals surface area contributed by atoms with Gasteiger partial charge in [-0.2, -0.15) is 0 Å². The number of benzene rings is 1. The van der Waals surface area contributed by atoms with Crippen LogP contribution in [0.5, 0.6) is 0 Å². The Bertz CT molecular complexity index is 473. The largest absolute Gasteiger partial charge is 0.325 e. The molecule has 0 spiro atoms. The minimum atomic E-state index is -0.0964. The van der Waals surface area contributed by atoms with Gasteiger partial charge in [-0.15, -0.1) is 12.4 Å². The minimum Gasteiger partial charge on any atom is -0.325 e. The Morgan fingerprint density at radius 3 is 2.48 bits per heavy atom. The molecule has 2 rings (SSSR count). The molecule has 0 bridgehead atoms. The number of nitrogens with one attached hydrogen (secondary N) is 2. The van der Waals surface area contributed by atoms with Gasteiger partial charge >= 0.3 is 0 Å². The maximum Gasteiger partial charge on any atom is 0.241 e. The van der Waals surface area contributed by atoms with E-state index < -0.39 is 0 Å². The van der Waals surface area contributed by atoms with Gasteiger partial charge in [0.15, 0.2) is 0 Å². The van der Waals surface area contributed by atoms with E-state index >= 15 is 0 Å². The van der Waals surface area contributed by atoms with E-state index in [0.29, 0.717) is 5.02 Å². The van der Waals surface area contributed by atoms with Crippen LogP contribution in [-0.2, 0) is 4.79 Å². The lowest BCUT2D eigenvalue weighted by Crippen LogP contribution is -2.46. The number of hydrogen-bond acceptors (Lipinski definition) is 3. The molecular weight excluding hydrogens is 333 g/mol. The first-order valence-electron chi connectivity index (χ1n) is 8.05. The maximum absolute atomic E-state index is 12.4. The van der Waals surface area contributed by atoms with Crippen molar-refractivity contribution in [3.63, 3.8) is 0 Å². The van der Waals surface area contributed by atoms with E-state index in [1.54, 1.807) is 12.1 Å². The molecule has 1 heterocycles. The minimum absolute atomic E-state index is 0. The van der Waals surface area contributed by atoms with E-state index in [9.17, 15) is 4.79 Å². The predicted molar refractivity (Wildman–Crippen MR) is 99.6 cm³/mol. The molecule has 0 aromatic heterocycles. The summed E-state index contributed by atoms with van der Waals surface area (Å²) in [4.78, 5) is 14.6. The smallest absolute Gasteiger partial charge is 0.241 e. The van der Waals surface area contributed by atoms with Crippen molar-refractivity contribution in [3.8, 4) is 0 Å². The van der Waals surface area contributed by atoms with Crippen molar-refractivity contribution in [1.82, 2.24) is 10.2 Å². The van der Waals surface area contributed by atoms with E-state index in [2.05, 4.69) is 15.5 Å². The van der Waals surface area contributed by atoms with Crippen LogP contribution in [0.1, 0.15) is 26.2 Å². The van der Waals surface area contributed by atoms with Crippen molar-refractivity contribution < 1.29 is 4.79 Å². The molecular formula is C17H27Cl2N3O. The number of hydrogen-bond donors (Lipinski definition) is 2. The Kier molecular flexibility index (Phi) is 8.92. The molecule has 0 aliphatic carbocycles. The van der Waals surface area contributed by atoms with E-state index in [0.717, 1.165) is 31.2 Å². The Morgan fingerprint density at radius 1 is 1.30 bits per heavy atom. The third-order valence-electron chi connectivity index (χ3n) is 4.49. The molecule has 1 amide bonds. The summed E-state index contributed by atoms with van der Waals surface area (Å²) < 4.78 is 0. The van der Waals surface area contributed by atoms with Gasteiger partial charge in [0.1, 0.15) is 0 Å². The van der Waals surface area contributed by atoms with Gasteiger partial charge in [-0.05, 0) is 83.1 Å². The summed E-state index contributed by atoms with van der Waals surface area (Å²) in [5, 5.41) is 6.85. The molecule has 1 fully saturated rings. The summed E-state index contributed by atoms with van der Waals surface area (Å²) in [6.07, 6.45) is 3.59. The van der Waals surface area contributed by atoms with Crippen LogP contribution < -0.4 is 10.6 Å². The molecule has 1 aliphatic rings. The van der Waals surface area contributed by atoms with Crippen LogP contribution in [0, 0.1) is 5.92 Å². The third-order valence-corrected chi connectivity index (χ3v) is 4.74. The SMILES string of the molecule is CNCCC1CCN(C(C)C(=O)Nc2ccc(Cl)cc2)CC1.Cl. The lowest BCUT2D eigenvalue weighted by atomic mass is 9.93. The molecule has 1 aliphatic heterocycles. The molecule has 4 nitrogen and oxygen atoms in total. The summed E-state index contributed by atoms with van der Waals surface area (Å²) in [5.41, 5.74) is 0.796. The molecule has 6 heteroatoms. The first-order valence-corrected chi connectivity index (χ1v) is 8.43. The number of carbonyl (C=O) groups excluding carboxylic acids is 1. The quantitative estimate of drug-likeness (QED) is 0.817. The molecule has 1 atom stereocenters. The second-order valence-corrected chi connectivity index (χ2v) is 6.48. The van der Waals surface area contributed by atoms with Gasteiger partial charge in [-0.1, -0.05) is 11.6 Å². The molecule has 2 N–H and O–H groups in total. The van der Waals surface area contributed by atoms with Crippen molar-refractivity contribution in [1.29, 1.82) is 0 Å². The first-order chi connectivity index (χ1) is 10.6. The summed E-state index contributed by atoms with van der Waals surface area (Å²) >= 11 is 5.86. The van der Waals surface area contributed by atoms with Gasteiger partial charge in [-0.3, -0.25) is 9.69 Å². The molecule has 1 unspecified atom stereocenters. The second-order valence-electron chi connectivity index (χ2n) is 6.04. The van der Waals surface area contributed by atoms with Crippen LogP contribution >= 0.6 is 24.0 Å². The summed E-state index contributed by atoms with van der Waals surface area (Å²) in [6.45, 7) is 5.07. The molecule has 23 heavy (non-hydrogen) atoms. The highest BCUT2D eigenvalue weighted by atomic mass is 35.5. The van der Waals surface area contributed by atoms with E-state index in [4.69, 9.17) is 11.6 Å². The zero-order chi connectivity index (χ0) is 15.9. The van der Waals surface area contributed by atoms with Gasteiger partial charge in [-0.25, -0.2) is 0 Å². The highest BCUT2D eigenvalue weighted by Gasteiger charge is 2.26. The highest BCUT2D eigenvalue weighted by Crippen LogP contribution is 2.22. The van der Waals surface area contributed by atoms with Gasteiger partial charge < -0.3 is 10.6 Å². The van der Waals surface area contributed by atoms with E-state index in [1.807, 2.05) is 26.1 Å². The van der Waals surface area contributed by atoms with Crippen LogP contribution in [0.2, 0.25) is 5.02 Å². The van der Waals surface area contributed by atoms with E-state index in [1.165, 1.54) is 19.3 Å². The Balaban J connectivity index is 0.00000264. The maximum atomic E-state index is 12.4. The molecule has 1 aromatic rings. The van der Waals surface area contributed by atoms with Crippen molar-refractivity contribution in [3.05, 3.63) is 29.3 Å². The molecule has 0 saturated carbocycles. The van der Waals surface area contributed by atoms with Crippen LogP contribution in [0.4, 0.5) is 5.69 Å². The fourth-order valence-electron chi connectivity index (χ4n) is 2.92. The Hall–Kier alpha value is -0.810. The van der Waals surface area contributed by atoms with E-state index in [-0.39, 0.29) is 24.4 Å². The number of anilines is 1. The fourth-order valence-corrected chi connectivity index (χ4v) is 3.05. The van der Waals surface area contributed by atoms with Crippen molar-refractivity contribution in [2.24, 2.45) is 5.92 Å². The average Bonchev–Trinajstić information content (AvgIpc) is 2.55. The lowest BCUT2D eigenvalue weighted by Gasteiger charge is -2.35. The highest BCUT2D eigenvalue weighted by molar-refractivity contribution is 6.30. The predicted octanol–water partition coefficient (Wildman–Crippen LogP) is 3.41. The standard InChI is InChI=1S/C17H26ClN3O.ClH/c1-13(17(22)20-16-5-3-15(18)4-6-16)21-11-8-14(9-12-21)7-10-19-2;/h3-6,13-14,19H,7-12H2,1-2H3,(H,20,22);1H. The van der Waals surface area contributed by atoms with Crippen molar-refractivity contribution in [2.75, 3.05) is 32.0 Å². The number of nitrogens with zero attached hydrogens (tertiary/aromatic N) is 1. The van der Waals surface area contributed by atoms with Crippen LogP contribution in [0.25, 0.3) is 0 Å². The zero-order valence-electron chi connectivity index (χ0n) is 13.8. The summed E-state index contributed by atoms with van der Waals surface area (Å²) in [5.74, 6) is 0.839. The molecule has 1 saturated heterocycles. The van der Waals surface area contributed by atoms with Crippen LogP contribution in [-0.4, -0.2) is 43.5 Å². The van der Waals surface area contributed by atoms with Gasteiger partial charge in [0.25, 0.3) is 0 Å². The molecule has 0 radical (unpaired) electrons. The lowest BCUT2D eigenvalue weighted by molar-refractivity contribution is -0.121. The van der Waals surface area contributed by atoms with Gasteiger partial charge in [0.05, 0.1) is 6.04 Å². The topological polar surface area (TPSA) is 44.4 Å². The zero-order valence-corrected chi connectivity index (χ0v) is 15.4. The Labute approximate surface area is 150 Å². The number of amides is 1. The second kappa shape index (κ2) is 10.1. The molecule has 130 valence electrons. The Morgan fingerprint density at radius 2 is 1.91 bits per heavy atom. The fraction of sp³-hybridized carbons (Fsp3) is 0.588. The summed E-state index contributed by atoms with van der Waals surface area (Å²) in [7, 11) is 2.00. The third kappa shape index (κ3) is 6.30. The number of halogens is 2. The monoisotopic (exact) mass is 359 g/mol. The molecule has 1 aromatic carbocycles. The number of rotatable bonds is 6. The van der Waals surface area contributed by atoms with Gasteiger partial charge in [0.2, 0.25) is 5.91 Å². The summed E-state index contributed by atoms with van der Waals surface area (Å²) in [6, 6.07) is 7.14. The van der Waals surface area contributed by atoms with Crippen LogP contribution in [0.3, 0.4) is 0 Å². The van der Waals surface area contributed by atoms with Crippen molar-refractivity contribution in [2.45, 2.75) is 32.2 Å². The first kappa shape index (κ1) is 20.2. The number of piperidine rings is 1. The number of likely N-dealkylation sites (tertiary alicyclic amines) is 1. The van der Waals surface area contributed by atoms with Crippen molar-refractivity contribution >= 4 is 35.6 Å². The van der Waals surface area contributed by atoms with Crippen LogP contribution in [0.15, 0.2) is 24.3 Å². The van der Waals surface area contributed by atoms with Gasteiger partial charge in [0, 0.05) is 10.7 Å². The normalized spacial score (nSPS) is 17.3. The number of carbonyl (C=O) groups is 1.